The van der Waals surface area contributed by atoms with E-state index >= 15 is 0 Å². The fourth-order valence-corrected chi connectivity index (χ4v) is 1.49. The van der Waals surface area contributed by atoms with Gasteiger partial charge in [0.2, 0.25) is 0 Å². The Morgan fingerprint density at radius 3 is 2.43 bits per heavy atom. The van der Waals surface area contributed by atoms with Crippen LogP contribution >= 0.6 is 0 Å². The Morgan fingerprint density at radius 2 is 1.93 bits per heavy atom. The summed E-state index contributed by atoms with van der Waals surface area (Å²) in [7, 11) is 0. The molecule has 1 fully saturated rings. The molecule has 1 aliphatic rings. The van der Waals surface area contributed by atoms with Crippen molar-refractivity contribution in [2.45, 2.75) is 6.42 Å². The zero-order valence-electron chi connectivity index (χ0n) is 7.38. The summed E-state index contributed by atoms with van der Waals surface area (Å²) in [5, 5.41) is 8.65. The van der Waals surface area contributed by atoms with Crippen molar-refractivity contribution in [2.24, 2.45) is 11.8 Å². The quantitative estimate of drug-likeness (QED) is 0.723. The maximum Gasteiger partial charge on any atom is 0.307 e. The molecule has 0 spiro atoms. The van der Waals surface area contributed by atoms with Gasteiger partial charge in [0, 0.05) is 23.9 Å². The van der Waals surface area contributed by atoms with Crippen LogP contribution < -0.4 is 0 Å². The number of carboxylic acid groups (broad SMARTS) is 1. The number of aliphatic carboxylic acids is 1. The molecule has 2 atom stereocenters. The summed E-state index contributed by atoms with van der Waals surface area (Å²) in [6.07, 6.45) is 3.53. The van der Waals surface area contributed by atoms with Crippen LogP contribution in [0, 0.1) is 11.8 Å². The van der Waals surface area contributed by atoms with Crippen LogP contribution in [0.25, 0.3) is 0 Å². The molecular formula is C10H9NO3. The first kappa shape index (κ1) is 8.87. The summed E-state index contributed by atoms with van der Waals surface area (Å²) in [5.41, 5.74) is 0.550. The van der Waals surface area contributed by atoms with Crippen LogP contribution in [-0.2, 0) is 4.79 Å². The first-order valence-corrected chi connectivity index (χ1v) is 4.37. The smallest absolute Gasteiger partial charge is 0.307 e. The van der Waals surface area contributed by atoms with Gasteiger partial charge in [-0.25, -0.2) is 0 Å². The lowest BCUT2D eigenvalue weighted by Gasteiger charge is -1.96. The summed E-state index contributed by atoms with van der Waals surface area (Å²) in [5.74, 6) is -1.76. The fourth-order valence-electron chi connectivity index (χ4n) is 1.49. The van der Waals surface area contributed by atoms with Crippen LogP contribution in [0.15, 0.2) is 24.5 Å². The predicted octanol–water partition coefficient (Wildman–Crippen LogP) is 0.985. The second-order valence-electron chi connectivity index (χ2n) is 3.39. The van der Waals surface area contributed by atoms with Crippen molar-refractivity contribution in [1.29, 1.82) is 0 Å². The molecule has 4 nitrogen and oxygen atoms in total. The highest BCUT2D eigenvalue weighted by atomic mass is 16.4. The van der Waals surface area contributed by atoms with Gasteiger partial charge in [0.05, 0.1) is 5.92 Å². The van der Waals surface area contributed by atoms with Gasteiger partial charge in [-0.05, 0) is 18.6 Å². The highest BCUT2D eigenvalue weighted by Crippen LogP contribution is 2.40. The third kappa shape index (κ3) is 1.51. The van der Waals surface area contributed by atoms with E-state index < -0.39 is 11.9 Å². The second-order valence-corrected chi connectivity index (χ2v) is 3.39. The first-order chi connectivity index (χ1) is 6.70. The number of ketones is 1. The summed E-state index contributed by atoms with van der Waals surface area (Å²) < 4.78 is 0. The summed E-state index contributed by atoms with van der Waals surface area (Å²) in [4.78, 5) is 26.0. The molecule has 1 aromatic heterocycles. The molecule has 0 amide bonds. The fraction of sp³-hybridized carbons (Fsp3) is 0.300. The average Bonchev–Trinajstić information content (AvgIpc) is 2.97. The predicted molar refractivity (Wildman–Crippen MR) is 47.8 cm³/mol. The van der Waals surface area contributed by atoms with Gasteiger partial charge in [-0.1, -0.05) is 0 Å². The zero-order chi connectivity index (χ0) is 10.1. The Hall–Kier alpha value is -1.71. The topological polar surface area (TPSA) is 67.3 Å². The molecule has 0 aliphatic heterocycles. The molecule has 14 heavy (non-hydrogen) atoms. The SMILES string of the molecule is O=C(O)C1CC1C(=O)c1ccncc1. The summed E-state index contributed by atoms with van der Waals surface area (Å²) >= 11 is 0. The zero-order valence-corrected chi connectivity index (χ0v) is 7.38. The lowest BCUT2D eigenvalue weighted by atomic mass is 10.1. The molecule has 1 aliphatic carbocycles. The minimum absolute atomic E-state index is 0.0835. The third-order valence-corrected chi connectivity index (χ3v) is 2.41. The van der Waals surface area contributed by atoms with Crippen LogP contribution in [0.5, 0.6) is 0 Å². The maximum atomic E-state index is 11.6. The monoisotopic (exact) mass is 191 g/mol. The van der Waals surface area contributed by atoms with Crippen LogP contribution in [0.1, 0.15) is 16.8 Å². The van der Waals surface area contributed by atoms with E-state index in [1.165, 1.54) is 12.4 Å². The molecule has 0 bridgehead atoms. The van der Waals surface area contributed by atoms with Crippen molar-refractivity contribution < 1.29 is 14.7 Å². The number of carbonyl (C=O) groups is 2. The summed E-state index contributed by atoms with van der Waals surface area (Å²) in [6.45, 7) is 0. The van der Waals surface area contributed by atoms with Gasteiger partial charge in [-0.15, -0.1) is 0 Å². The van der Waals surface area contributed by atoms with Crippen molar-refractivity contribution in [3.8, 4) is 0 Å². The Labute approximate surface area is 80.6 Å². The average molecular weight is 191 g/mol. The van der Waals surface area contributed by atoms with Gasteiger partial charge in [0.1, 0.15) is 0 Å². The van der Waals surface area contributed by atoms with E-state index in [1.807, 2.05) is 0 Å². The van der Waals surface area contributed by atoms with Gasteiger partial charge in [0.25, 0.3) is 0 Å². The molecule has 72 valence electrons. The van der Waals surface area contributed by atoms with Crippen molar-refractivity contribution >= 4 is 11.8 Å². The molecule has 1 aromatic rings. The Bertz CT molecular complexity index is 374. The minimum Gasteiger partial charge on any atom is -0.481 e. The largest absolute Gasteiger partial charge is 0.481 e. The minimum atomic E-state index is -0.877. The molecule has 1 N–H and O–H groups in total. The van der Waals surface area contributed by atoms with E-state index in [4.69, 9.17) is 5.11 Å². The highest BCUT2D eigenvalue weighted by Gasteiger charge is 2.48. The molecule has 0 aromatic carbocycles. The van der Waals surface area contributed by atoms with Crippen molar-refractivity contribution in [3.63, 3.8) is 0 Å². The molecule has 2 rings (SSSR count). The van der Waals surface area contributed by atoms with Gasteiger partial charge in [-0.2, -0.15) is 0 Å². The van der Waals surface area contributed by atoms with Gasteiger partial charge >= 0.3 is 5.97 Å². The van der Waals surface area contributed by atoms with Gasteiger partial charge < -0.3 is 5.11 Å². The number of nitrogens with zero attached hydrogens (tertiary/aromatic N) is 1. The highest BCUT2D eigenvalue weighted by molar-refractivity contribution is 6.02. The Kier molecular flexibility index (Phi) is 2.04. The molecule has 1 saturated carbocycles. The lowest BCUT2D eigenvalue weighted by Crippen LogP contribution is -2.08. The van der Waals surface area contributed by atoms with E-state index in [-0.39, 0.29) is 11.7 Å². The number of carboxylic acids is 1. The Morgan fingerprint density at radius 1 is 1.29 bits per heavy atom. The van der Waals surface area contributed by atoms with Gasteiger partial charge in [0.15, 0.2) is 5.78 Å². The second kappa shape index (κ2) is 3.21. The number of carbonyl (C=O) groups excluding carboxylic acids is 1. The number of Topliss-reactive ketones (excluding diaryl/α,β-unsaturated/α-hetero) is 1. The van der Waals surface area contributed by atoms with Crippen LogP contribution in [-0.4, -0.2) is 21.8 Å². The van der Waals surface area contributed by atoms with E-state index in [0.29, 0.717) is 12.0 Å². The Balaban J connectivity index is 2.09. The van der Waals surface area contributed by atoms with Crippen molar-refractivity contribution in [1.82, 2.24) is 4.98 Å². The normalized spacial score (nSPS) is 24.3. The molecule has 4 heteroatoms. The van der Waals surface area contributed by atoms with E-state index in [1.54, 1.807) is 12.1 Å². The van der Waals surface area contributed by atoms with Crippen LogP contribution in [0.2, 0.25) is 0 Å². The molecular weight excluding hydrogens is 182 g/mol. The molecule has 0 radical (unpaired) electrons. The van der Waals surface area contributed by atoms with Crippen molar-refractivity contribution in [2.75, 3.05) is 0 Å². The van der Waals surface area contributed by atoms with Crippen LogP contribution in [0.3, 0.4) is 0 Å². The number of aromatic nitrogens is 1. The first-order valence-electron chi connectivity index (χ1n) is 4.37. The number of rotatable bonds is 3. The number of hydrogen-bond donors (Lipinski definition) is 1. The molecule has 0 saturated heterocycles. The molecule has 2 unspecified atom stereocenters. The van der Waals surface area contributed by atoms with E-state index in [9.17, 15) is 9.59 Å². The van der Waals surface area contributed by atoms with Crippen LogP contribution in [0.4, 0.5) is 0 Å². The molecule has 1 heterocycles. The van der Waals surface area contributed by atoms with Crippen molar-refractivity contribution in [3.05, 3.63) is 30.1 Å². The summed E-state index contributed by atoms with van der Waals surface area (Å²) in [6, 6.07) is 3.22. The third-order valence-electron chi connectivity index (χ3n) is 2.41. The van der Waals surface area contributed by atoms with Gasteiger partial charge in [-0.3, -0.25) is 14.6 Å². The van der Waals surface area contributed by atoms with E-state index in [2.05, 4.69) is 4.98 Å². The number of pyridine rings is 1. The van der Waals surface area contributed by atoms with E-state index in [0.717, 1.165) is 0 Å². The standard InChI is InChI=1S/C10H9NO3/c12-9(6-1-3-11-4-2-6)7-5-8(7)10(13)14/h1-4,7-8H,5H2,(H,13,14). The number of hydrogen-bond acceptors (Lipinski definition) is 3. The lowest BCUT2D eigenvalue weighted by molar-refractivity contribution is -0.138. The maximum absolute atomic E-state index is 11.6.